The first-order valence-corrected chi connectivity index (χ1v) is 11.0. The van der Waals surface area contributed by atoms with Gasteiger partial charge in [-0.1, -0.05) is 42.5 Å². The molecule has 0 spiro atoms. The number of carbonyl (C=O) groups excluding carboxylic acids is 1. The van der Waals surface area contributed by atoms with Crippen LogP contribution in [0.5, 0.6) is 0 Å². The lowest BCUT2D eigenvalue weighted by atomic mass is 9.99. The number of rotatable bonds is 7. The molecule has 1 fully saturated rings. The maximum Gasteiger partial charge on any atom is 0.234 e. The van der Waals surface area contributed by atoms with E-state index in [1.807, 2.05) is 12.1 Å². The van der Waals surface area contributed by atoms with Crippen LogP contribution in [0.3, 0.4) is 0 Å². The fraction of sp³-hybridized carbons (Fsp3) is 0.391. The van der Waals surface area contributed by atoms with Crippen molar-refractivity contribution < 1.29 is 4.79 Å². The second-order valence-corrected chi connectivity index (χ2v) is 8.60. The van der Waals surface area contributed by atoms with E-state index in [1.54, 1.807) is 11.3 Å². The second-order valence-electron chi connectivity index (χ2n) is 7.53. The van der Waals surface area contributed by atoms with Crippen molar-refractivity contribution in [3.05, 3.63) is 65.2 Å². The van der Waals surface area contributed by atoms with Crippen LogP contribution < -0.4 is 5.32 Å². The highest BCUT2D eigenvalue weighted by Gasteiger charge is 2.25. The van der Waals surface area contributed by atoms with E-state index in [0.717, 1.165) is 50.8 Å². The molecule has 0 unspecified atom stereocenters. The monoisotopic (exact) mass is 393 g/mol. The molecule has 0 saturated carbocycles. The predicted octanol–water partition coefficient (Wildman–Crippen LogP) is 4.22. The van der Waals surface area contributed by atoms with Gasteiger partial charge < -0.3 is 5.32 Å². The quantitative estimate of drug-likeness (QED) is 0.611. The summed E-state index contributed by atoms with van der Waals surface area (Å²) in [6.07, 6.45) is 4.27. The molecular weight excluding hydrogens is 366 g/mol. The topological polar surface area (TPSA) is 45.2 Å². The van der Waals surface area contributed by atoms with Gasteiger partial charge in [0.15, 0.2) is 0 Å². The van der Waals surface area contributed by atoms with Gasteiger partial charge >= 0.3 is 0 Å². The van der Waals surface area contributed by atoms with Gasteiger partial charge in [0, 0.05) is 19.0 Å². The molecule has 28 heavy (non-hydrogen) atoms. The number of hydrogen-bond donors (Lipinski definition) is 1. The first-order chi connectivity index (χ1) is 13.8. The van der Waals surface area contributed by atoms with Gasteiger partial charge in [-0.2, -0.15) is 0 Å². The Bertz CT molecular complexity index is 875. The Labute approximate surface area is 170 Å². The summed E-state index contributed by atoms with van der Waals surface area (Å²) in [5, 5.41) is 4.30. The van der Waals surface area contributed by atoms with Gasteiger partial charge in [-0.25, -0.2) is 4.98 Å². The van der Waals surface area contributed by atoms with Crippen molar-refractivity contribution in [1.29, 1.82) is 0 Å². The fourth-order valence-corrected chi connectivity index (χ4v) is 4.98. The zero-order valence-electron chi connectivity index (χ0n) is 16.1. The van der Waals surface area contributed by atoms with Gasteiger partial charge in [0.05, 0.1) is 21.8 Å². The summed E-state index contributed by atoms with van der Waals surface area (Å²) >= 11 is 1.80. The third-order valence-corrected chi connectivity index (χ3v) is 6.54. The largest absolute Gasteiger partial charge is 0.355 e. The lowest BCUT2D eigenvalue weighted by Crippen LogP contribution is -2.42. The van der Waals surface area contributed by atoms with Crippen LogP contribution in [0.15, 0.2) is 54.6 Å². The van der Waals surface area contributed by atoms with Gasteiger partial charge in [-0.3, -0.25) is 9.69 Å². The third-order valence-electron chi connectivity index (χ3n) is 5.34. The molecule has 4 rings (SSSR count). The van der Waals surface area contributed by atoms with Crippen LogP contribution in [0.25, 0.3) is 10.2 Å². The number of nitrogens with one attached hydrogen (secondary N) is 1. The molecular formula is C23H27N3OS. The summed E-state index contributed by atoms with van der Waals surface area (Å²) in [6.45, 7) is 3.16. The molecule has 2 heterocycles. The van der Waals surface area contributed by atoms with Crippen molar-refractivity contribution in [2.75, 3.05) is 26.2 Å². The molecule has 2 aromatic carbocycles. The molecule has 0 radical (unpaired) electrons. The third kappa shape index (κ3) is 4.97. The van der Waals surface area contributed by atoms with Gasteiger partial charge in [-0.05, 0) is 49.9 Å². The number of para-hydroxylation sites is 1. The molecule has 146 valence electrons. The number of piperidine rings is 1. The summed E-state index contributed by atoms with van der Waals surface area (Å²) < 4.78 is 1.26. The lowest BCUT2D eigenvalue weighted by Gasteiger charge is -2.31. The number of fused-ring (bicyclic) bond motifs is 1. The van der Waals surface area contributed by atoms with E-state index in [0.29, 0.717) is 12.5 Å². The Hall–Kier alpha value is -2.24. The number of nitrogens with zero attached hydrogens (tertiary/aromatic N) is 2. The van der Waals surface area contributed by atoms with Crippen molar-refractivity contribution in [3.8, 4) is 0 Å². The highest BCUT2D eigenvalue weighted by atomic mass is 32.1. The Balaban J connectivity index is 1.23. The molecule has 1 aliphatic rings. The zero-order valence-corrected chi connectivity index (χ0v) is 17.0. The van der Waals surface area contributed by atoms with Gasteiger partial charge in [0.2, 0.25) is 5.91 Å². The highest BCUT2D eigenvalue weighted by Crippen LogP contribution is 2.32. The minimum Gasteiger partial charge on any atom is -0.355 e. The minimum absolute atomic E-state index is 0.137. The fourth-order valence-electron chi connectivity index (χ4n) is 3.89. The smallest absolute Gasteiger partial charge is 0.234 e. The van der Waals surface area contributed by atoms with Crippen LogP contribution in [0.4, 0.5) is 0 Å². The average Bonchev–Trinajstić information content (AvgIpc) is 3.17. The molecule has 1 N–H and O–H groups in total. The van der Waals surface area contributed by atoms with E-state index in [2.05, 4.69) is 52.7 Å². The van der Waals surface area contributed by atoms with Crippen LogP contribution >= 0.6 is 11.3 Å². The maximum atomic E-state index is 12.3. The van der Waals surface area contributed by atoms with Crippen LogP contribution in [0.1, 0.15) is 35.8 Å². The highest BCUT2D eigenvalue weighted by molar-refractivity contribution is 7.18. The molecule has 1 amide bonds. The zero-order chi connectivity index (χ0) is 19.2. The Kier molecular flexibility index (Phi) is 6.34. The number of aryl methyl sites for hydroxylation is 1. The molecule has 4 nitrogen and oxygen atoms in total. The van der Waals surface area contributed by atoms with E-state index >= 15 is 0 Å². The minimum atomic E-state index is 0.137. The molecule has 1 saturated heterocycles. The van der Waals surface area contributed by atoms with Crippen LogP contribution in [0, 0.1) is 0 Å². The maximum absolute atomic E-state index is 12.3. The second kappa shape index (κ2) is 9.30. The first kappa shape index (κ1) is 19.1. The number of hydrogen-bond acceptors (Lipinski definition) is 4. The number of amides is 1. The number of benzene rings is 2. The van der Waals surface area contributed by atoms with Gasteiger partial charge in [-0.15, -0.1) is 11.3 Å². The molecule has 3 aromatic rings. The average molecular weight is 394 g/mol. The van der Waals surface area contributed by atoms with Crippen molar-refractivity contribution in [3.63, 3.8) is 0 Å². The molecule has 1 aromatic heterocycles. The number of carbonyl (C=O) groups is 1. The molecule has 0 aliphatic carbocycles. The summed E-state index contributed by atoms with van der Waals surface area (Å²) in [4.78, 5) is 19.5. The predicted molar refractivity (Wildman–Crippen MR) is 116 cm³/mol. The summed E-state index contributed by atoms with van der Waals surface area (Å²) in [6, 6.07) is 18.8. The first-order valence-electron chi connectivity index (χ1n) is 10.2. The van der Waals surface area contributed by atoms with Crippen LogP contribution in [-0.4, -0.2) is 42.0 Å². The van der Waals surface area contributed by atoms with Crippen molar-refractivity contribution in [2.24, 2.45) is 0 Å². The number of aromatic nitrogens is 1. The summed E-state index contributed by atoms with van der Waals surface area (Å²) in [5.41, 5.74) is 2.42. The van der Waals surface area contributed by atoms with E-state index < -0.39 is 0 Å². The van der Waals surface area contributed by atoms with E-state index in [9.17, 15) is 4.79 Å². The van der Waals surface area contributed by atoms with Crippen molar-refractivity contribution >= 4 is 27.5 Å². The van der Waals surface area contributed by atoms with Crippen LogP contribution in [-0.2, 0) is 11.2 Å². The Morgan fingerprint density at radius 2 is 1.96 bits per heavy atom. The van der Waals surface area contributed by atoms with Crippen molar-refractivity contribution in [2.45, 2.75) is 31.6 Å². The van der Waals surface area contributed by atoms with E-state index in [1.165, 1.54) is 15.3 Å². The van der Waals surface area contributed by atoms with E-state index in [4.69, 9.17) is 4.98 Å². The van der Waals surface area contributed by atoms with Gasteiger partial charge in [0.1, 0.15) is 0 Å². The number of thiazole rings is 1. The normalized spacial score (nSPS) is 17.6. The number of likely N-dealkylation sites (tertiary alicyclic amines) is 1. The molecule has 1 aliphatic heterocycles. The SMILES string of the molecule is O=C(CN1CCC[C@@H](c2nc3ccccc3s2)C1)NCCCc1ccccc1. The summed E-state index contributed by atoms with van der Waals surface area (Å²) in [5.74, 6) is 0.579. The Morgan fingerprint density at radius 3 is 2.82 bits per heavy atom. The molecule has 0 bridgehead atoms. The van der Waals surface area contributed by atoms with E-state index in [-0.39, 0.29) is 5.91 Å². The molecule has 1 atom stereocenters. The van der Waals surface area contributed by atoms with Gasteiger partial charge in [0.25, 0.3) is 0 Å². The van der Waals surface area contributed by atoms with Crippen molar-refractivity contribution in [1.82, 2.24) is 15.2 Å². The van der Waals surface area contributed by atoms with Crippen LogP contribution in [0.2, 0.25) is 0 Å². The molecule has 5 heteroatoms. The Morgan fingerprint density at radius 1 is 1.14 bits per heavy atom. The lowest BCUT2D eigenvalue weighted by molar-refractivity contribution is -0.122. The summed E-state index contributed by atoms with van der Waals surface area (Å²) in [7, 11) is 0. The standard InChI is InChI=1S/C23H27N3OS/c27-22(24-14-6-10-18-8-2-1-3-9-18)17-26-15-7-11-19(16-26)23-25-20-12-4-5-13-21(20)28-23/h1-5,8-9,12-13,19H,6-7,10-11,14-17H2,(H,24,27)/t19-/m1/s1.